The Hall–Kier alpha value is -4.46. The Kier molecular flexibility index (Phi) is 5.91. The fourth-order valence-electron chi connectivity index (χ4n) is 3.60. The third-order valence-corrected chi connectivity index (χ3v) is 5.18. The van der Waals surface area contributed by atoms with E-state index in [2.05, 4.69) is 5.32 Å². The summed E-state index contributed by atoms with van der Waals surface area (Å²) >= 11 is 0. The average Bonchev–Trinajstić information content (AvgIpc) is 2.82. The van der Waals surface area contributed by atoms with E-state index < -0.39 is 23.8 Å². The van der Waals surface area contributed by atoms with Gasteiger partial charge in [0.2, 0.25) is 0 Å². The molecule has 0 radical (unpaired) electrons. The van der Waals surface area contributed by atoms with E-state index in [0.717, 1.165) is 15.7 Å². The van der Waals surface area contributed by atoms with Crippen molar-refractivity contribution in [3.05, 3.63) is 77.4 Å². The van der Waals surface area contributed by atoms with Crippen LogP contribution in [0.4, 0.5) is 10.5 Å². The summed E-state index contributed by atoms with van der Waals surface area (Å²) in [6.07, 6.45) is 1.42. The van der Waals surface area contributed by atoms with E-state index in [1.807, 2.05) is 30.3 Å². The van der Waals surface area contributed by atoms with Crippen molar-refractivity contribution in [2.24, 2.45) is 0 Å². The van der Waals surface area contributed by atoms with E-state index in [9.17, 15) is 19.2 Å². The zero-order chi connectivity index (χ0) is 23.5. The van der Waals surface area contributed by atoms with Crippen molar-refractivity contribution in [3.8, 4) is 5.75 Å². The Bertz CT molecular complexity index is 1310. The highest BCUT2D eigenvalue weighted by molar-refractivity contribution is 6.39. The standard InChI is InChI=1S/C25H20N2O6/c1-3-33-24(30)16-8-11-17(12-9-16)27-23(29)20(22(28)26-25(27)31)14-19-18-7-5-4-6-15(18)10-13-21(19)32-2/h4-14H,3H2,1-2H3,(H,26,28,31)/b20-14+. The van der Waals surface area contributed by atoms with Crippen molar-refractivity contribution in [1.29, 1.82) is 0 Å². The van der Waals surface area contributed by atoms with Crippen LogP contribution in [-0.4, -0.2) is 37.5 Å². The van der Waals surface area contributed by atoms with Crippen molar-refractivity contribution in [3.63, 3.8) is 0 Å². The SMILES string of the molecule is CCOC(=O)c1ccc(N2C(=O)NC(=O)/C(=C\c3c(OC)ccc4ccccc34)C2=O)cc1. The van der Waals surface area contributed by atoms with Crippen LogP contribution in [0.15, 0.2) is 66.2 Å². The van der Waals surface area contributed by atoms with Crippen LogP contribution < -0.4 is 15.0 Å². The molecule has 0 spiro atoms. The fourth-order valence-corrected chi connectivity index (χ4v) is 3.60. The predicted molar refractivity (Wildman–Crippen MR) is 122 cm³/mol. The Morgan fingerprint density at radius 2 is 1.73 bits per heavy atom. The molecule has 0 aliphatic carbocycles. The van der Waals surface area contributed by atoms with Gasteiger partial charge in [0.1, 0.15) is 11.3 Å². The molecular formula is C25H20N2O6. The minimum absolute atomic E-state index is 0.203. The molecule has 3 aromatic carbocycles. The van der Waals surface area contributed by atoms with Gasteiger partial charge in [-0.15, -0.1) is 0 Å². The highest BCUT2D eigenvalue weighted by Crippen LogP contribution is 2.31. The van der Waals surface area contributed by atoms with Gasteiger partial charge in [-0.2, -0.15) is 0 Å². The van der Waals surface area contributed by atoms with E-state index in [0.29, 0.717) is 11.3 Å². The number of carbonyl (C=O) groups excluding carboxylic acids is 4. The van der Waals surface area contributed by atoms with Crippen LogP contribution in [0.3, 0.4) is 0 Å². The summed E-state index contributed by atoms with van der Waals surface area (Å²) < 4.78 is 10.4. The second kappa shape index (κ2) is 8.96. The van der Waals surface area contributed by atoms with Crippen molar-refractivity contribution in [1.82, 2.24) is 5.32 Å². The first kappa shape index (κ1) is 21.8. The van der Waals surface area contributed by atoms with Crippen LogP contribution in [0.5, 0.6) is 5.75 Å². The maximum absolute atomic E-state index is 13.3. The molecule has 0 bridgehead atoms. The van der Waals surface area contributed by atoms with Crippen LogP contribution in [0, 0.1) is 0 Å². The van der Waals surface area contributed by atoms with E-state index in [1.54, 1.807) is 13.0 Å². The lowest BCUT2D eigenvalue weighted by Crippen LogP contribution is -2.54. The molecule has 1 aliphatic rings. The third-order valence-electron chi connectivity index (χ3n) is 5.18. The first-order valence-corrected chi connectivity index (χ1v) is 10.2. The van der Waals surface area contributed by atoms with Crippen LogP contribution >= 0.6 is 0 Å². The maximum atomic E-state index is 13.3. The molecule has 1 fully saturated rings. The number of ether oxygens (including phenoxy) is 2. The molecule has 4 amide bonds. The smallest absolute Gasteiger partial charge is 0.338 e. The Morgan fingerprint density at radius 3 is 2.42 bits per heavy atom. The topological polar surface area (TPSA) is 102 Å². The van der Waals surface area contributed by atoms with Gasteiger partial charge < -0.3 is 9.47 Å². The van der Waals surface area contributed by atoms with E-state index in [1.165, 1.54) is 37.5 Å². The van der Waals surface area contributed by atoms with Gasteiger partial charge >= 0.3 is 12.0 Å². The van der Waals surface area contributed by atoms with E-state index in [-0.39, 0.29) is 23.4 Å². The molecule has 1 heterocycles. The number of imide groups is 2. The van der Waals surface area contributed by atoms with Crippen LogP contribution in [0.2, 0.25) is 0 Å². The summed E-state index contributed by atoms with van der Waals surface area (Å²) in [4.78, 5) is 51.1. The lowest BCUT2D eigenvalue weighted by Gasteiger charge is -2.26. The van der Waals surface area contributed by atoms with Crippen molar-refractivity contribution >= 4 is 46.4 Å². The predicted octanol–water partition coefficient (Wildman–Crippen LogP) is 3.69. The Labute approximate surface area is 189 Å². The van der Waals surface area contributed by atoms with Gasteiger partial charge in [-0.3, -0.25) is 14.9 Å². The zero-order valence-electron chi connectivity index (χ0n) is 18.0. The summed E-state index contributed by atoms with van der Waals surface area (Å²) in [6, 6.07) is 16.0. The molecule has 166 valence electrons. The molecule has 0 atom stereocenters. The van der Waals surface area contributed by atoms with Gasteiger partial charge in [0.15, 0.2) is 0 Å². The highest BCUT2D eigenvalue weighted by Gasteiger charge is 2.37. The molecule has 0 aromatic heterocycles. The van der Waals surface area contributed by atoms with Gasteiger partial charge in [0.25, 0.3) is 11.8 Å². The summed E-state index contributed by atoms with van der Waals surface area (Å²) in [6.45, 7) is 1.92. The lowest BCUT2D eigenvalue weighted by atomic mass is 9.99. The van der Waals surface area contributed by atoms with E-state index >= 15 is 0 Å². The van der Waals surface area contributed by atoms with Gasteiger partial charge in [0, 0.05) is 5.56 Å². The van der Waals surface area contributed by atoms with Crippen LogP contribution in [-0.2, 0) is 14.3 Å². The summed E-state index contributed by atoms with van der Waals surface area (Å²) in [7, 11) is 1.50. The molecule has 0 saturated carbocycles. The van der Waals surface area contributed by atoms with Crippen molar-refractivity contribution in [2.75, 3.05) is 18.6 Å². The number of nitrogens with one attached hydrogen (secondary N) is 1. The molecule has 8 heteroatoms. The maximum Gasteiger partial charge on any atom is 0.338 e. The molecule has 33 heavy (non-hydrogen) atoms. The molecule has 8 nitrogen and oxygen atoms in total. The summed E-state index contributed by atoms with van der Waals surface area (Å²) in [5, 5.41) is 3.88. The van der Waals surface area contributed by atoms with Crippen LogP contribution in [0.1, 0.15) is 22.8 Å². The molecule has 1 saturated heterocycles. The molecule has 1 aliphatic heterocycles. The normalized spacial score (nSPS) is 15.0. The Balaban J connectivity index is 1.76. The number of carbonyl (C=O) groups is 4. The number of barbiturate groups is 1. The molecular weight excluding hydrogens is 424 g/mol. The minimum atomic E-state index is -0.879. The van der Waals surface area contributed by atoms with Gasteiger partial charge in [-0.1, -0.05) is 30.3 Å². The van der Waals surface area contributed by atoms with E-state index in [4.69, 9.17) is 9.47 Å². The van der Waals surface area contributed by atoms with Gasteiger partial charge in [0.05, 0.1) is 25.0 Å². The fraction of sp³-hybridized carbons (Fsp3) is 0.120. The Morgan fingerprint density at radius 1 is 1.00 bits per heavy atom. The number of amides is 4. The van der Waals surface area contributed by atoms with Gasteiger partial charge in [-0.25, -0.2) is 14.5 Å². The number of benzene rings is 3. The quantitative estimate of drug-likeness (QED) is 0.366. The first-order chi connectivity index (χ1) is 15.9. The number of urea groups is 1. The second-order valence-corrected chi connectivity index (χ2v) is 7.13. The number of nitrogens with zero attached hydrogens (tertiary/aromatic N) is 1. The molecule has 1 N–H and O–H groups in total. The number of hydrogen-bond acceptors (Lipinski definition) is 6. The molecule has 3 aromatic rings. The van der Waals surface area contributed by atoms with Gasteiger partial charge in [-0.05, 0) is 54.1 Å². The highest BCUT2D eigenvalue weighted by atomic mass is 16.5. The zero-order valence-corrected chi connectivity index (χ0v) is 18.0. The number of hydrogen-bond donors (Lipinski definition) is 1. The monoisotopic (exact) mass is 444 g/mol. The second-order valence-electron chi connectivity index (χ2n) is 7.13. The number of fused-ring (bicyclic) bond motifs is 1. The number of anilines is 1. The number of methoxy groups -OCH3 is 1. The lowest BCUT2D eigenvalue weighted by molar-refractivity contribution is -0.122. The number of rotatable bonds is 5. The average molecular weight is 444 g/mol. The molecule has 0 unspecified atom stereocenters. The van der Waals surface area contributed by atoms with Crippen molar-refractivity contribution in [2.45, 2.75) is 6.92 Å². The summed E-state index contributed by atoms with van der Waals surface area (Å²) in [5.41, 5.74) is 0.798. The largest absolute Gasteiger partial charge is 0.496 e. The van der Waals surface area contributed by atoms with Crippen molar-refractivity contribution < 1.29 is 28.7 Å². The first-order valence-electron chi connectivity index (χ1n) is 10.2. The third kappa shape index (κ3) is 4.06. The summed E-state index contributed by atoms with van der Waals surface area (Å²) in [5.74, 6) is -1.64. The number of esters is 1. The molecule has 4 rings (SSSR count). The van der Waals surface area contributed by atoms with Crippen LogP contribution in [0.25, 0.3) is 16.8 Å². The minimum Gasteiger partial charge on any atom is -0.496 e.